The Kier molecular flexibility index (Phi) is 7.69. The summed E-state index contributed by atoms with van der Waals surface area (Å²) in [6.07, 6.45) is 1.63. The molecule has 24 heavy (non-hydrogen) atoms. The summed E-state index contributed by atoms with van der Waals surface area (Å²) in [5.74, 6) is -0.358. The molecule has 0 fully saturated rings. The lowest BCUT2D eigenvalue weighted by Crippen LogP contribution is -2.34. The van der Waals surface area contributed by atoms with E-state index in [0.717, 1.165) is 17.0 Å². The fourth-order valence-corrected chi connectivity index (χ4v) is 2.93. The van der Waals surface area contributed by atoms with Gasteiger partial charge in [-0.1, -0.05) is 0 Å². The molecule has 1 atom stereocenters. The van der Waals surface area contributed by atoms with Crippen molar-refractivity contribution in [2.45, 2.75) is 33.7 Å². The van der Waals surface area contributed by atoms with Crippen molar-refractivity contribution in [3.63, 3.8) is 0 Å². The first-order chi connectivity index (χ1) is 11.4. The minimum atomic E-state index is -0.358. The van der Waals surface area contributed by atoms with E-state index in [1.54, 1.807) is 13.2 Å². The number of hydrogen-bond acceptors (Lipinski definition) is 4. The van der Waals surface area contributed by atoms with Crippen molar-refractivity contribution >= 4 is 12.0 Å². The van der Waals surface area contributed by atoms with Crippen molar-refractivity contribution in [2.75, 3.05) is 33.4 Å². The second-order valence-electron chi connectivity index (χ2n) is 5.78. The summed E-state index contributed by atoms with van der Waals surface area (Å²) in [5.41, 5.74) is 2.96. The van der Waals surface area contributed by atoms with E-state index in [1.165, 1.54) is 4.90 Å². The number of carbonyl (C=O) groups excluding carboxylic acids is 1. The minimum absolute atomic E-state index is 0.0740. The second-order valence-corrected chi connectivity index (χ2v) is 5.78. The highest BCUT2D eigenvalue weighted by atomic mass is 16.5. The van der Waals surface area contributed by atoms with Gasteiger partial charge < -0.3 is 19.3 Å². The van der Waals surface area contributed by atoms with Gasteiger partial charge in [0.05, 0.1) is 19.3 Å². The standard InChI is InChI=1S/C18H27N3O3/c1-6-20(7-8-22)18(23)17(11-19)10-16-9-13(2)21(15(16)4)14(3)12-24-5/h9-10,14,22H,6-8,12H2,1-5H3/b17-10+. The number of amides is 1. The summed E-state index contributed by atoms with van der Waals surface area (Å²) in [4.78, 5) is 13.9. The van der Waals surface area contributed by atoms with E-state index in [2.05, 4.69) is 11.5 Å². The molecule has 0 saturated carbocycles. The molecule has 1 heterocycles. The molecule has 0 aliphatic rings. The Morgan fingerprint density at radius 2 is 2.21 bits per heavy atom. The van der Waals surface area contributed by atoms with Gasteiger partial charge >= 0.3 is 0 Å². The Morgan fingerprint density at radius 1 is 1.54 bits per heavy atom. The molecule has 0 aliphatic carbocycles. The van der Waals surface area contributed by atoms with Crippen LogP contribution in [0, 0.1) is 25.2 Å². The highest BCUT2D eigenvalue weighted by Crippen LogP contribution is 2.23. The number of methoxy groups -OCH3 is 1. The van der Waals surface area contributed by atoms with E-state index < -0.39 is 0 Å². The molecule has 1 rings (SSSR count). The van der Waals surface area contributed by atoms with Crippen LogP contribution in [0.4, 0.5) is 0 Å². The molecular weight excluding hydrogens is 306 g/mol. The molecular formula is C18H27N3O3. The van der Waals surface area contributed by atoms with Gasteiger partial charge in [0.15, 0.2) is 0 Å². The lowest BCUT2D eigenvalue weighted by atomic mass is 10.1. The molecule has 0 aromatic carbocycles. The Hall–Kier alpha value is -2.10. The monoisotopic (exact) mass is 333 g/mol. The van der Waals surface area contributed by atoms with Crippen LogP contribution in [0.25, 0.3) is 6.08 Å². The van der Waals surface area contributed by atoms with Crippen LogP contribution in [0.1, 0.15) is 36.8 Å². The molecule has 6 heteroatoms. The number of hydrogen-bond donors (Lipinski definition) is 1. The van der Waals surface area contributed by atoms with E-state index in [1.807, 2.05) is 32.9 Å². The maximum absolute atomic E-state index is 12.4. The van der Waals surface area contributed by atoms with Gasteiger partial charge in [0.25, 0.3) is 5.91 Å². The lowest BCUT2D eigenvalue weighted by Gasteiger charge is -2.19. The molecule has 0 bridgehead atoms. The topological polar surface area (TPSA) is 78.5 Å². The molecule has 6 nitrogen and oxygen atoms in total. The summed E-state index contributed by atoms with van der Waals surface area (Å²) in [7, 11) is 1.67. The molecule has 132 valence electrons. The van der Waals surface area contributed by atoms with E-state index in [4.69, 9.17) is 9.84 Å². The zero-order valence-electron chi connectivity index (χ0n) is 15.2. The Morgan fingerprint density at radius 3 is 2.71 bits per heavy atom. The number of aliphatic hydroxyl groups excluding tert-OH is 1. The third-order valence-corrected chi connectivity index (χ3v) is 4.06. The van der Waals surface area contributed by atoms with Gasteiger partial charge in [-0.3, -0.25) is 4.79 Å². The van der Waals surface area contributed by atoms with Gasteiger partial charge in [-0.2, -0.15) is 5.26 Å². The maximum Gasteiger partial charge on any atom is 0.264 e. The van der Waals surface area contributed by atoms with Crippen LogP contribution in [0.3, 0.4) is 0 Å². The van der Waals surface area contributed by atoms with Crippen molar-refractivity contribution in [3.8, 4) is 6.07 Å². The van der Waals surface area contributed by atoms with Crippen molar-refractivity contribution in [1.29, 1.82) is 5.26 Å². The fourth-order valence-electron chi connectivity index (χ4n) is 2.93. The summed E-state index contributed by atoms with van der Waals surface area (Å²) >= 11 is 0. The molecule has 0 aliphatic heterocycles. The lowest BCUT2D eigenvalue weighted by molar-refractivity contribution is -0.126. The summed E-state index contributed by atoms with van der Waals surface area (Å²) in [5, 5.41) is 18.4. The summed E-state index contributed by atoms with van der Waals surface area (Å²) in [6.45, 7) is 8.98. The van der Waals surface area contributed by atoms with Crippen molar-refractivity contribution in [3.05, 3.63) is 28.6 Å². The molecule has 1 aromatic rings. The number of nitriles is 1. The fraction of sp³-hybridized carbons (Fsp3) is 0.556. The summed E-state index contributed by atoms with van der Waals surface area (Å²) < 4.78 is 7.36. The van der Waals surface area contributed by atoms with Crippen molar-refractivity contribution in [2.24, 2.45) is 0 Å². The highest BCUT2D eigenvalue weighted by molar-refractivity contribution is 6.01. The number of aliphatic hydroxyl groups is 1. The van der Waals surface area contributed by atoms with E-state index >= 15 is 0 Å². The zero-order chi connectivity index (χ0) is 18.3. The second kappa shape index (κ2) is 9.26. The average Bonchev–Trinajstić information content (AvgIpc) is 2.83. The van der Waals surface area contributed by atoms with E-state index in [0.29, 0.717) is 13.2 Å². The quantitative estimate of drug-likeness (QED) is 0.583. The number of nitrogens with zero attached hydrogens (tertiary/aromatic N) is 3. The highest BCUT2D eigenvalue weighted by Gasteiger charge is 2.19. The van der Waals surface area contributed by atoms with Crippen LogP contribution in [0.15, 0.2) is 11.6 Å². The van der Waals surface area contributed by atoms with Gasteiger partial charge in [0.1, 0.15) is 11.6 Å². The number of ether oxygens (including phenoxy) is 1. The normalized spacial score (nSPS) is 12.8. The SMILES string of the molecule is CCN(CCO)C(=O)/C(C#N)=C/c1cc(C)n(C(C)COC)c1C. The Labute approximate surface area is 143 Å². The first-order valence-electron chi connectivity index (χ1n) is 8.10. The maximum atomic E-state index is 12.4. The van der Waals surface area contributed by atoms with E-state index in [9.17, 15) is 10.1 Å². The molecule has 0 spiro atoms. The number of likely N-dealkylation sites (N-methyl/N-ethyl adjacent to an activating group) is 1. The largest absolute Gasteiger partial charge is 0.395 e. The molecule has 1 N–H and O–H groups in total. The molecule has 1 unspecified atom stereocenters. The predicted octanol–water partition coefficient (Wildman–Crippen LogP) is 2.06. The van der Waals surface area contributed by atoms with Crippen LogP contribution in [0.5, 0.6) is 0 Å². The smallest absolute Gasteiger partial charge is 0.264 e. The van der Waals surface area contributed by atoms with Gasteiger partial charge in [0, 0.05) is 31.6 Å². The third-order valence-electron chi connectivity index (χ3n) is 4.06. The van der Waals surface area contributed by atoms with Crippen LogP contribution >= 0.6 is 0 Å². The molecule has 1 aromatic heterocycles. The minimum Gasteiger partial charge on any atom is -0.395 e. The van der Waals surface area contributed by atoms with E-state index in [-0.39, 0.29) is 30.7 Å². The average molecular weight is 333 g/mol. The summed E-state index contributed by atoms with van der Waals surface area (Å²) in [6, 6.07) is 4.12. The van der Waals surface area contributed by atoms with Crippen LogP contribution in [-0.2, 0) is 9.53 Å². The van der Waals surface area contributed by atoms with Gasteiger partial charge in [-0.05, 0) is 45.4 Å². The van der Waals surface area contributed by atoms with Crippen LogP contribution in [0.2, 0.25) is 0 Å². The first kappa shape index (κ1) is 19.9. The van der Waals surface area contributed by atoms with Crippen LogP contribution < -0.4 is 0 Å². The van der Waals surface area contributed by atoms with Gasteiger partial charge in [-0.15, -0.1) is 0 Å². The van der Waals surface area contributed by atoms with Crippen molar-refractivity contribution < 1.29 is 14.6 Å². The predicted molar refractivity (Wildman–Crippen MR) is 93.4 cm³/mol. The number of aromatic nitrogens is 1. The first-order valence-corrected chi connectivity index (χ1v) is 8.10. The Bertz CT molecular complexity index is 641. The molecule has 0 radical (unpaired) electrons. The van der Waals surface area contributed by atoms with Gasteiger partial charge in [0.2, 0.25) is 0 Å². The molecule has 1 amide bonds. The Balaban J connectivity index is 3.21. The van der Waals surface area contributed by atoms with Crippen LogP contribution in [-0.4, -0.2) is 53.9 Å². The van der Waals surface area contributed by atoms with Crippen molar-refractivity contribution in [1.82, 2.24) is 9.47 Å². The zero-order valence-corrected chi connectivity index (χ0v) is 15.2. The number of rotatable bonds is 8. The number of carbonyl (C=O) groups is 1. The number of aryl methyl sites for hydroxylation is 1. The molecule has 0 saturated heterocycles. The third kappa shape index (κ3) is 4.47. The van der Waals surface area contributed by atoms with Gasteiger partial charge in [-0.25, -0.2) is 0 Å².